The number of nitrogens with one attached hydrogen (secondary N) is 1. The largest absolute Gasteiger partial charge is 0.354 e. The Labute approximate surface area is 134 Å². The van der Waals surface area contributed by atoms with E-state index in [1.54, 1.807) is 0 Å². The van der Waals surface area contributed by atoms with Gasteiger partial charge in [-0.2, -0.15) is 0 Å². The smallest absolute Gasteiger partial charge is 0.241 e. The molecule has 1 amide bonds. The molecular formula is C18H29N3O. The van der Waals surface area contributed by atoms with Crippen molar-refractivity contribution in [3.8, 4) is 0 Å². The Morgan fingerprint density at radius 2 is 1.91 bits per heavy atom. The van der Waals surface area contributed by atoms with Crippen LogP contribution in [0.5, 0.6) is 0 Å². The van der Waals surface area contributed by atoms with Crippen molar-refractivity contribution in [2.24, 2.45) is 11.7 Å². The molecule has 0 aliphatic carbocycles. The van der Waals surface area contributed by atoms with Gasteiger partial charge in [0.25, 0.3) is 0 Å². The zero-order valence-electron chi connectivity index (χ0n) is 13.8. The van der Waals surface area contributed by atoms with E-state index in [4.69, 9.17) is 5.73 Å². The third-order valence-corrected chi connectivity index (χ3v) is 4.67. The Morgan fingerprint density at radius 1 is 1.27 bits per heavy atom. The normalized spacial score (nSPS) is 18.4. The van der Waals surface area contributed by atoms with Crippen LogP contribution in [0.2, 0.25) is 0 Å². The van der Waals surface area contributed by atoms with E-state index < -0.39 is 6.04 Å². The molecule has 4 nitrogen and oxygen atoms in total. The first kappa shape index (κ1) is 17.0. The minimum absolute atomic E-state index is 0.0779. The lowest BCUT2D eigenvalue weighted by Gasteiger charge is -2.34. The standard InChI is InChI=1S/C18H29N3O/c1-14(2)21-12-9-15(10-13-21)8-11-20-18(22)17(19)16-6-4-3-5-7-16/h3-7,14-15,17H,8-13,19H2,1-2H3,(H,20,22)/t17-/m1/s1. The molecule has 1 fully saturated rings. The van der Waals surface area contributed by atoms with E-state index in [-0.39, 0.29) is 5.91 Å². The number of nitrogens with two attached hydrogens (primary N) is 1. The van der Waals surface area contributed by atoms with Crippen molar-refractivity contribution in [2.45, 2.75) is 45.2 Å². The van der Waals surface area contributed by atoms with Crippen LogP contribution in [0.4, 0.5) is 0 Å². The molecule has 0 spiro atoms. The molecule has 1 aromatic carbocycles. The Balaban J connectivity index is 1.67. The van der Waals surface area contributed by atoms with Crippen LogP contribution in [0.1, 0.15) is 44.7 Å². The molecule has 3 N–H and O–H groups in total. The Morgan fingerprint density at radius 3 is 2.50 bits per heavy atom. The minimum atomic E-state index is -0.566. The third-order valence-electron chi connectivity index (χ3n) is 4.67. The summed E-state index contributed by atoms with van der Waals surface area (Å²) in [5, 5.41) is 2.98. The number of carbonyl (C=O) groups excluding carboxylic acids is 1. The van der Waals surface area contributed by atoms with Crippen LogP contribution in [0.25, 0.3) is 0 Å². The molecule has 1 aliphatic heterocycles. The van der Waals surface area contributed by atoms with Gasteiger partial charge in [0, 0.05) is 12.6 Å². The van der Waals surface area contributed by atoms with Crippen molar-refractivity contribution in [2.75, 3.05) is 19.6 Å². The average Bonchev–Trinajstić information content (AvgIpc) is 2.55. The molecule has 1 aliphatic rings. The summed E-state index contributed by atoms with van der Waals surface area (Å²) in [6, 6.07) is 9.61. The van der Waals surface area contributed by atoms with Crippen molar-refractivity contribution in [3.63, 3.8) is 0 Å². The third kappa shape index (κ3) is 4.82. The predicted octanol–water partition coefficient (Wildman–Crippen LogP) is 2.31. The average molecular weight is 303 g/mol. The predicted molar refractivity (Wildman–Crippen MR) is 90.4 cm³/mol. The summed E-state index contributed by atoms with van der Waals surface area (Å²) < 4.78 is 0. The molecule has 22 heavy (non-hydrogen) atoms. The summed E-state index contributed by atoms with van der Waals surface area (Å²) in [6.45, 7) is 7.60. The van der Waals surface area contributed by atoms with Crippen molar-refractivity contribution in [3.05, 3.63) is 35.9 Å². The van der Waals surface area contributed by atoms with E-state index in [1.807, 2.05) is 30.3 Å². The fourth-order valence-electron chi connectivity index (χ4n) is 3.08. The zero-order chi connectivity index (χ0) is 15.9. The molecule has 2 rings (SSSR count). The maximum atomic E-state index is 12.1. The van der Waals surface area contributed by atoms with Crippen LogP contribution in [0, 0.1) is 5.92 Å². The second kappa shape index (κ2) is 8.30. The Bertz CT molecular complexity index is 453. The summed E-state index contributed by atoms with van der Waals surface area (Å²) >= 11 is 0. The van der Waals surface area contributed by atoms with E-state index >= 15 is 0 Å². The van der Waals surface area contributed by atoms with E-state index in [1.165, 1.54) is 25.9 Å². The number of carbonyl (C=O) groups is 1. The molecule has 1 heterocycles. The molecule has 0 bridgehead atoms. The highest BCUT2D eigenvalue weighted by atomic mass is 16.2. The van der Waals surface area contributed by atoms with Crippen molar-refractivity contribution in [1.29, 1.82) is 0 Å². The van der Waals surface area contributed by atoms with E-state index in [2.05, 4.69) is 24.1 Å². The first-order valence-corrected chi connectivity index (χ1v) is 8.40. The zero-order valence-corrected chi connectivity index (χ0v) is 13.8. The number of amides is 1. The molecule has 0 saturated carbocycles. The molecule has 1 atom stereocenters. The highest BCUT2D eigenvalue weighted by Crippen LogP contribution is 2.21. The highest BCUT2D eigenvalue weighted by Gasteiger charge is 2.21. The van der Waals surface area contributed by atoms with Crippen molar-refractivity contribution in [1.82, 2.24) is 10.2 Å². The monoisotopic (exact) mass is 303 g/mol. The molecular weight excluding hydrogens is 274 g/mol. The lowest BCUT2D eigenvalue weighted by molar-refractivity contribution is -0.122. The first-order chi connectivity index (χ1) is 10.6. The summed E-state index contributed by atoms with van der Waals surface area (Å²) in [6.07, 6.45) is 3.52. The fraction of sp³-hybridized carbons (Fsp3) is 0.611. The van der Waals surface area contributed by atoms with Gasteiger partial charge in [-0.3, -0.25) is 4.79 Å². The van der Waals surface area contributed by atoms with Crippen LogP contribution < -0.4 is 11.1 Å². The molecule has 0 radical (unpaired) electrons. The summed E-state index contributed by atoms with van der Waals surface area (Å²) in [5.74, 6) is 0.647. The molecule has 1 saturated heterocycles. The molecule has 1 aromatic rings. The van der Waals surface area contributed by atoms with Crippen LogP contribution in [-0.4, -0.2) is 36.5 Å². The van der Waals surface area contributed by atoms with Gasteiger partial charge >= 0.3 is 0 Å². The number of hydrogen-bond donors (Lipinski definition) is 2. The number of piperidine rings is 1. The lowest BCUT2D eigenvalue weighted by Crippen LogP contribution is -2.40. The maximum Gasteiger partial charge on any atom is 0.241 e. The van der Waals surface area contributed by atoms with Gasteiger partial charge in [-0.1, -0.05) is 30.3 Å². The van der Waals surface area contributed by atoms with Gasteiger partial charge in [-0.05, 0) is 57.7 Å². The molecule has 0 aromatic heterocycles. The van der Waals surface area contributed by atoms with Gasteiger partial charge in [0.1, 0.15) is 6.04 Å². The molecule has 4 heteroatoms. The maximum absolute atomic E-state index is 12.1. The number of hydrogen-bond acceptors (Lipinski definition) is 3. The number of rotatable bonds is 6. The summed E-state index contributed by atoms with van der Waals surface area (Å²) in [5.41, 5.74) is 6.86. The number of likely N-dealkylation sites (tertiary alicyclic amines) is 1. The quantitative estimate of drug-likeness (QED) is 0.848. The molecule has 0 unspecified atom stereocenters. The molecule has 122 valence electrons. The summed E-state index contributed by atoms with van der Waals surface area (Å²) in [4.78, 5) is 14.6. The number of benzene rings is 1. The SMILES string of the molecule is CC(C)N1CCC(CCNC(=O)[C@H](N)c2ccccc2)CC1. The van der Waals surface area contributed by atoms with Gasteiger partial charge in [-0.15, -0.1) is 0 Å². The minimum Gasteiger partial charge on any atom is -0.354 e. The van der Waals surface area contributed by atoms with Crippen molar-refractivity contribution < 1.29 is 4.79 Å². The second-order valence-corrected chi connectivity index (χ2v) is 6.54. The van der Waals surface area contributed by atoms with Crippen LogP contribution in [0.3, 0.4) is 0 Å². The Hall–Kier alpha value is -1.39. The van der Waals surface area contributed by atoms with Gasteiger partial charge in [-0.25, -0.2) is 0 Å². The van der Waals surface area contributed by atoms with Gasteiger partial charge in [0.05, 0.1) is 0 Å². The number of nitrogens with zero attached hydrogens (tertiary/aromatic N) is 1. The topological polar surface area (TPSA) is 58.4 Å². The van der Waals surface area contributed by atoms with E-state index in [9.17, 15) is 4.79 Å². The van der Waals surface area contributed by atoms with Gasteiger partial charge < -0.3 is 16.0 Å². The first-order valence-electron chi connectivity index (χ1n) is 8.40. The van der Waals surface area contributed by atoms with Gasteiger partial charge in [0.2, 0.25) is 5.91 Å². The lowest BCUT2D eigenvalue weighted by atomic mass is 9.93. The van der Waals surface area contributed by atoms with Crippen LogP contribution in [-0.2, 0) is 4.79 Å². The van der Waals surface area contributed by atoms with Crippen molar-refractivity contribution >= 4 is 5.91 Å². The highest BCUT2D eigenvalue weighted by molar-refractivity contribution is 5.82. The Kier molecular flexibility index (Phi) is 6.40. The second-order valence-electron chi connectivity index (χ2n) is 6.54. The van der Waals surface area contributed by atoms with Gasteiger partial charge in [0.15, 0.2) is 0 Å². The fourth-order valence-corrected chi connectivity index (χ4v) is 3.08. The van der Waals surface area contributed by atoms with Crippen LogP contribution >= 0.6 is 0 Å². The van der Waals surface area contributed by atoms with E-state index in [0.29, 0.717) is 6.04 Å². The van der Waals surface area contributed by atoms with Crippen LogP contribution in [0.15, 0.2) is 30.3 Å². The summed E-state index contributed by atoms with van der Waals surface area (Å²) in [7, 11) is 0. The van der Waals surface area contributed by atoms with E-state index in [0.717, 1.165) is 24.4 Å².